The molecule has 5 heterocycles. The maximum atomic E-state index is 10.0. The van der Waals surface area contributed by atoms with Crippen LogP contribution in [0.5, 0.6) is 0 Å². The quantitative estimate of drug-likeness (QED) is 0.0703. The van der Waals surface area contributed by atoms with Crippen LogP contribution in [0.2, 0.25) is 0 Å². The summed E-state index contributed by atoms with van der Waals surface area (Å²) < 4.78 is 11.7. The number of hydrogen-bond donors (Lipinski definition) is 3. The molecule has 7 aromatic carbocycles. The Labute approximate surface area is 648 Å². The van der Waals surface area contributed by atoms with Crippen LogP contribution in [-0.2, 0) is 120 Å². The van der Waals surface area contributed by atoms with Gasteiger partial charge in [0.25, 0.3) is 0 Å². The van der Waals surface area contributed by atoms with Gasteiger partial charge < -0.3 is 39.4 Å². The van der Waals surface area contributed by atoms with Gasteiger partial charge in [-0.3, -0.25) is 24.4 Å². The van der Waals surface area contributed by atoms with E-state index in [0.717, 1.165) is 61.6 Å². The number of benzene rings is 7. The molecule has 5 radical (unpaired) electrons. The summed E-state index contributed by atoms with van der Waals surface area (Å²) in [5, 5.41) is 27.4. The number of nitrogens with zero attached hydrogens (tertiary/aromatic N) is 5. The number of pyridine rings is 3. The molecule has 0 saturated heterocycles. The molecule has 2 aliphatic rings. The molecule has 4 aromatic heterocycles. The van der Waals surface area contributed by atoms with E-state index in [1.165, 1.54) is 70.7 Å². The second kappa shape index (κ2) is 49.7. The molecule has 519 valence electrons. The number of aliphatic imine (C=N–C) groups is 1. The minimum absolute atomic E-state index is 0. The summed E-state index contributed by atoms with van der Waals surface area (Å²) in [4.78, 5) is 51.7. The Balaban J connectivity index is 0.000000576. The van der Waals surface area contributed by atoms with Crippen molar-refractivity contribution in [1.29, 1.82) is 0 Å². The Morgan fingerprint density at radius 2 is 0.889 bits per heavy atom. The first-order valence-corrected chi connectivity index (χ1v) is 29.8. The normalized spacial score (nSPS) is 12.5. The van der Waals surface area contributed by atoms with Gasteiger partial charge in [-0.15, -0.1) is 161 Å². The van der Waals surface area contributed by atoms with Crippen LogP contribution in [0.15, 0.2) is 306 Å². The van der Waals surface area contributed by atoms with Gasteiger partial charge in [-0.05, 0) is 82.9 Å². The first kappa shape index (κ1) is 88.3. The number of allylic oxidation sites excluding steroid dienone is 8. The third kappa shape index (κ3) is 33.6. The number of aliphatic hydroxyl groups is 3. The zero-order valence-corrected chi connectivity index (χ0v) is 67.0. The minimum atomic E-state index is -0.125. The molecule has 0 amide bonds. The van der Waals surface area contributed by atoms with Crippen LogP contribution in [0, 0.1) is 37.3 Å². The van der Waals surface area contributed by atoms with Crippen molar-refractivity contribution in [2.75, 3.05) is 0 Å². The maximum Gasteiger partial charge on any atom is 0.155 e. The number of aliphatic hydroxyl groups excluding tert-OH is 3. The van der Waals surface area contributed by atoms with Gasteiger partial charge in [-0.2, -0.15) is 0 Å². The molecular formula is C81H72Ir5N5O8-5. The van der Waals surface area contributed by atoms with E-state index in [9.17, 15) is 14.4 Å². The van der Waals surface area contributed by atoms with Gasteiger partial charge in [0.05, 0.1) is 23.5 Å². The molecule has 2 atom stereocenters. The van der Waals surface area contributed by atoms with Crippen molar-refractivity contribution in [1.82, 2.24) is 19.9 Å². The van der Waals surface area contributed by atoms with Gasteiger partial charge in [0.15, 0.2) is 17.3 Å². The van der Waals surface area contributed by atoms with Crippen molar-refractivity contribution >= 4 is 34.0 Å². The third-order valence-electron chi connectivity index (χ3n) is 12.5. The Hall–Kier alpha value is -8.71. The summed E-state index contributed by atoms with van der Waals surface area (Å²) in [7, 11) is 0. The number of ketones is 3. The van der Waals surface area contributed by atoms with Crippen molar-refractivity contribution in [3.63, 3.8) is 0 Å². The Bertz CT molecular complexity index is 3990. The summed E-state index contributed by atoms with van der Waals surface area (Å²) in [6.45, 7) is 10.6. The number of rotatable bonds is 9. The van der Waals surface area contributed by atoms with Crippen LogP contribution >= 0.6 is 0 Å². The molecule has 0 saturated carbocycles. The topological polar surface area (TPSA) is 198 Å². The molecule has 3 N–H and O–H groups in total. The van der Waals surface area contributed by atoms with Crippen molar-refractivity contribution in [3.8, 4) is 56.6 Å². The predicted octanol–water partition coefficient (Wildman–Crippen LogP) is 18.1. The minimum Gasteiger partial charge on any atom is -0.512 e. The second-order valence-electron chi connectivity index (χ2n) is 20.6. The third-order valence-corrected chi connectivity index (χ3v) is 12.5. The predicted molar refractivity (Wildman–Crippen MR) is 374 cm³/mol. The van der Waals surface area contributed by atoms with Gasteiger partial charge in [-0.25, -0.2) is 0 Å². The first-order valence-electron chi connectivity index (χ1n) is 29.8. The Morgan fingerprint density at radius 3 is 1.30 bits per heavy atom. The largest absolute Gasteiger partial charge is 0.512 e. The monoisotopic (exact) mass is 2210 g/mol. The average Bonchev–Trinajstić information content (AvgIpc) is 1.70. The molecule has 99 heavy (non-hydrogen) atoms. The average molecular weight is 2200 g/mol. The van der Waals surface area contributed by atoms with Gasteiger partial charge in [0, 0.05) is 143 Å². The maximum absolute atomic E-state index is 10.0. The van der Waals surface area contributed by atoms with E-state index in [1.54, 1.807) is 24.8 Å². The number of hydrogen-bond acceptors (Lipinski definition) is 13. The molecular weight excluding hydrogens is 2130 g/mol. The Morgan fingerprint density at radius 1 is 0.444 bits per heavy atom. The van der Waals surface area contributed by atoms with Crippen LogP contribution in [0.3, 0.4) is 0 Å². The van der Waals surface area contributed by atoms with Crippen molar-refractivity contribution in [2.45, 2.75) is 60.6 Å². The first-order chi connectivity index (χ1) is 45.5. The van der Waals surface area contributed by atoms with Crippen LogP contribution in [0.4, 0.5) is 0 Å². The molecule has 13 rings (SSSR count). The number of carbonyl (C=O) groups is 3. The molecule has 1 aliphatic carbocycles. The molecule has 13 nitrogen and oxygen atoms in total. The fourth-order valence-electron chi connectivity index (χ4n) is 8.44. The summed E-state index contributed by atoms with van der Waals surface area (Å²) in [6.07, 6.45) is 18.8. The van der Waals surface area contributed by atoms with Crippen LogP contribution in [0.1, 0.15) is 52.7 Å². The van der Waals surface area contributed by atoms with Gasteiger partial charge in [-0.1, -0.05) is 133 Å². The van der Waals surface area contributed by atoms with Crippen LogP contribution in [0.25, 0.3) is 67.3 Å². The molecule has 0 fully saturated rings. The molecule has 18 heteroatoms. The molecule has 1 aliphatic heterocycles. The van der Waals surface area contributed by atoms with E-state index < -0.39 is 0 Å². The molecule has 2 unspecified atom stereocenters. The van der Waals surface area contributed by atoms with E-state index in [0.29, 0.717) is 11.8 Å². The van der Waals surface area contributed by atoms with Crippen molar-refractivity contribution in [2.24, 2.45) is 4.99 Å². The van der Waals surface area contributed by atoms with Gasteiger partial charge >= 0.3 is 0 Å². The van der Waals surface area contributed by atoms with E-state index >= 15 is 0 Å². The van der Waals surface area contributed by atoms with E-state index in [2.05, 4.69) is 92.5 Å². The summed E-state index contributed by atoms with van der Waals surface area (Å²) in [5.41, 5.74) is 10.1. The number of oxazole rings is 1. The summed E-state index contributed by atoms with van der Waals surface area (Å²) in [5.74, 6) is 1.89. The zero-order valence-electron chi connectivity index (χ0n) is 55.0. The fraction of sp³-hybridized carbons (Fsp3) is 0.111. The molecule has 11 aromatic rings. The van der Waals surface area contributed by atoms with E-state index in [-0.39, 0.29) is 147 Å². The number of fused-ring (bicyclic) bond motifs is 2. The smallest absolute Gasteiger partial charge is 0.155 e. The molecule has 0 spiro atoms. The summed E-state index contributed by atoms with van der Waals surface area (Å²) >= 11 is 0. The van der Waals surface area contributed by atoms with Crippen LogP contribution in [-0.4, -0.2) is 70.6 Å². The summed E-state index contributed by atoms with van der Waals surface area (Å²) in [6, 6.07) is 85.1. The van der Waals surface area contributed by atoms with E-state index in [4.69, 9.17) is 24.5 Å². The van der Waals surface area contributed by atoms with Crippen molar-refractivity contribution < 1.29 is 139 Å². The van der Waals surface area contributed by atoms with Gasteiger partial charge in [0.1, 0.15) is 29.7 Å². The molecule has 0 bridgehead atoms. The van der Waals surface area contributed by atoms with Gasteiger partial charge in [0.2, 0.25) is 0 Å². The fourth-order valence-corrected chi connectivity index (χ4v) is 8.44. The number of ether oxygens (including phenoxy) is 1. The number of aromatic nitrogens is 4. The number of carbonyl (C=O) groups excluding carboxylic acids is 3. The Kier molecular flexibility index (Phi) is 44.4. The van der Waals surface area contributed by atoms with Crippen LogP contribution < -0.4 is 0 Å². The SMILES string of the molecule is CC(=O)C=C(C)O.CC(=O)C=C(C)O.CC(=O)C=C(C)O.Cc1c[c-]c(-c2ccccn2)cc1.[Ir].[Ir].[Ir].[Ir].[Ir].[c-]1ccc2ccccc2c1C1=NC2C=CC=CC2O1.[c-]1ccccc1-c1ccccn1.[c-]1ccccc1-c1ccccn1.[c-]1ccccc1-c1ncc(-c2ccccc2)o1. The standard InChI is InChI=1S/C17H12NO.C15H10NO.C12H10N.2C11H8N.3C5H8O2.5Ir/c1-2-8-13-12(6-1)7-5-9-14(13)17-18-15-10-3-4-11-16(15)19-17;1-3-7-12(8-4-1)14-11-16-15(17-14)13-9-5-2-6-10-13;1-10-5-7-11(8-6-10)12-4-2-3-9-13-12;2*1-2-6-10(7-3-1)11-8-4-5-9-12-11;3*1-4(6)3-5(2)7;;;;;/h1-8,10-11,15-16H;1-9,11H;2-7,9H,1H3;2*1-6,8-9H;3*3,6H,1-2H3;;;;;/q5*-1;;;;;;;;. The zero-order chi connectivity index (χ0) is 67.3. The number of aryl methyl sites for hydroxylation is 1. The van der Waals surface area contributed by atoms with Crippen molar-refractivity contribution in [3.05, 3.63) is 338 Å². The second-order valence-corrected chi connectivity index (χ2v) is 20.6. The van der Waals surface area contributed by atoms with E-state index in [1.807, 2.05) is 206 Å².